The Morgan fingerprint density at radius 1 is 1.03 bits per heavy atom. The van der Waals surface area contributed by atoms with Gasteiger partial charge in [-0.05, 0) is 62.7 Å². The minimum atomic E-state index is -0.571. The van der Waals surface area contributed by atoms with E-state index in [2.05, 4.69) is 25.8 Å². The Morgan fingerprint density at radius 2 is 1.87 bits per heavy atom. The number of carbonyl (C=O) groups is 1. The van der Waals surface area contributed by atoms with Gasteiger partial charge in [-0.1, -0.05) is 23.7 Å². The zero-order chi connectivity index (χ0) is 27.6. The van der Waals surface area contributed by atoms with Gasteiger partial charge in [-0.25, -0.2) is 4.79 Å². The Kier molecular flexibility index (Phi) is 7.21. The van der Waals surface area contributed by atoms with Crippen molar-refractivity contribution < 1.29 is 14.3 Å². The molecule has 0 aliphatic heterocycles. The van der Waals surface area contributed by atoms with Gasteiger partial charge in [-0.2, -0.15) is 9.61 Å². The molecular weight excluding hydrogens is 518 g/mol. The van der Waals surface area contributed by atoms with Gasteiger partial charge in [0, 0.05) is 40.5 Å². The van der Waals surface area contributed by atoms with E-state index < -0.39 is 11.7 Å². The van der Waals surface area contributed by atoms with Crippen molar-refractivity contribution in [3.63, 3.8) is 0 Å². The third-order valence-electron chi connectivity index (χ3n) is 5.89. The Labute approximate surface area is 230 Å². The first-order valence-corrected chi connectivity index (χ1v) is 12.7. The molecule has 0 unspecified atom stereocenters. The number of anilines is 1. The van der Waals surface area contributed by atoms with Gasteiger partial charge in [-0.3, -0.25) is 4.98 Å². The maximum atomic E-state index is 12.0. The van der Waals surface area contributed by atoms with E-state index in [0.29, 0.717) is 28.7 Å². The van der Waals surface area contributed by atoms with Crippen molar-refractivity contribution >= 4 is 39.9 Å². The van der Waals surface area contributed by atoms with E-state index >= 15 is 0 Å². The molecule has 5 rings (SSSR count). The van der Waals surface area contributed by atoms with Crippen molar-refractivity contribution in [2.75, 3.05) is 12.4 Å². The number of benzene rings is 2. The van der Waals surface area contributed by atoms with Crippen LogP contribution in [0.5, 0.6) is 5.75 Å². The zero-order valence-electron chi connectivity index (χ0n) is 22.0. The number of pyridine rings is 1. The Balaban J connectivity index is 1.33. The van der Waals surface area contributed by atoms with E-state index in [4.69, 9.17) is 26.2 Å². The smallest absolute Gasteiger partial charge is 0.407 e. The van der Waals surface area contributed by atoms with Crippen LogP contribution >= 0.6 is 11.6 Å². The minimum Gasteiger partial charge on any atom is -0.497 e. The lowest BCUT2D eigenvalue weighted by Gasteiger charge is -2.19. The third kappa shape index (κ3) is 6.01. The van der Waals surface area contributed by atoms with Crippen molar-refractivity contribution in [3.05, 3.63) is 77.2 Å². The van der Waals surface area contributed by atoms with Gasteiger partial charge in [0.15, 0.2) is 11.5 Å². The molecule has 2 N–H and O–H groups in total. The fourth-order valence-electron chi connectivity index (χ4n) is 4.01. The summed E-state index contributed by atoms with van der Waals surface area (Å²) in [7, 11) is 1.63. The van der Waals surface area contributed by atoms with Crippen LogP contribution in [0.25, 0.3) is 27.8 Å². The van der Waals surface area contributed by atoms with Gasteiger partial charge < -0.3 is 20.1 Å². The summed E-state index contributed by atoms with van der Waals surface area (Å²) in [5.41, 5.74) is 4.10. The molecule has 0 atom stereocenters. The summed E-state index contributed by atoms with van der Waals surface area (Å²) >= 11 is 6.53. The largest absolute Gasteiger partial charge is 0.497 e. The molecule has 11 heteroatoms. The number of hydrogen-bond acceptors (Lipinski definition) is 8. The lowest BCUT2D eigenvalue weighted by molar-refractivity contribution is 0.0523. The monoisotopic (exact) mass is 545 g/mol. The van der Waals surface area contributed by atoms with Gasteiger partial charge in [0.05, 0.1) is 24.9 Å². The van der Waals surface area contributed by atoms with Crippen LogP contribution in [0, 0.1) is 0 Å². The summed E-state index contributed by atoms with van der Waals surface area (Å²) < 4.78 is 12.3. The van der Waals surface area contributed by atoms with Crippen LogP contribution < -0.4 is 15.4 Å². The molecule has 0 saturated carbocycles. The molecule has 0 fully saturated rings. The van der Waals surface area contributed by atoms with E-state index in [-0.39, 0.29) is 6.54 Å². The number of carbonyl (C=O) groups excluding carboxylic acids is 1. The highest BCUT2D eigenvalue weighted by Gasteiger charge is 2.16. The van der Waals surface area contributed by atoms with Crippen LogP contribution in [-0.2, 0) is 17.8 Å². The second-order valence-corrected chi connectivity index (χ2v) is 10.3. The first kappa shape index (κ1) is 26.2. The van der Waals surface area contributed by atoms with Crippen molar-refractivity contribution in [2.45, 2.75) is 39.5 Å². The number of halogens is 1. The fourth-order valence-corrected chi connectivity index (χ4v) is 4.26. The van der Waals surface area contributed by atoms with Gasteiger partial charge in [-0.15, -0.1) is 10.2 Å². The minimum absolute atomic E-state index is 0.248. The number of nitrogens with one attached hydrogen (secondary N) is 2. The van der Waals surface area contributed by atoms with Crippen molar-refractivity contribution in [2.24, 2.45) is 0 Å². The quantitative estimate of drug-likeness (QED) is 0.270. The molecule has 200 valence electrons. The molecule has 0 spiro atoms. The number of nitrogens with zero attached hydrogens (tertiary/aromatic N) is 5. The highest BCUT2D eigenvalue weighted by atomic mass is 35.5. The average Bonchev–Trinajstić information content (AvgIpc) is 3.32. The third-order valence-corrected chi connectivity index (χ3v) is 6.24. The first-order valence-electron chi connectivity index (χ1n) is 12.3. The summed E-state index contributed by atoms with van der Waals surface area (Å²) in [5, 5.41) is 21.0. The van der Waals surface area contributed by atoms with E-state index in [1.54, 1.807) is 17.8 Å². The van der Waals surface area contributed by atoms with E-state index in [1.165, 1.54) is 0 Å². The van der Waals surface area contributed by atoms with Crippen LogP contribution in [0.3, 0.4) is 0 Å². The van der Waals surface area contributed by atoms with Crippen molar-refractivity contribution in [1.82, 2.24) is 30.1 Å². The normalized spacial score (nSPS) is 11.5. The fraction of sp³-hybridized carbons (Fsp3) is 0.250. The molecule has 1 amide bonds. The van der Waals surface area contributed by atoms with Gasteiger partial charge in [0.25, 0.3) is 0 Å². The van der Waals surface area contributed by atoms with Crippen LogP contribution in [0.4, 0.5) is 10.5 Å². The van der Waals surface area contributed by atoms with Crippen LogP contribution in [0.2, 0.25) is 5.02 Å². The standard InChI is InChI=1S/C28H28ClN7O3/c1-28(2,3)39-27(37)32-15-18-6-5-17(13-21(18)29)22-9-10-25-33-34-26(36(25)35-22)16-31-23-11-12-30-24-14-19(38-4)7-8-20(23)24/h5-14H,15-16H2,1-4H3,(H,30,31)(H,32,37). The molecule has 2 aromatic carbocycles. The second kappa shape index (κ2) is 10.7. The molecule has 0 aliphatic rings. The molecule has 0 saturated heterocycles. The van der Waals surface area contributed by atoms with E-state index in [1.807, 2.05) is 75.4 Å². The van der Waals surface area contributed by atoms with Crippen LogP contribution in [-0.4, -0.2) is 43.6 Å². The zero-order valence-corrected chi connectivity index (χ0v) is 22.8. The number of fused-ring (bicyclic) bond motifs is 2. The number of amides is 1. The first-order chi connectivity index (χ1) is 18.7. The van der Waals surface area contributed by atoms with Crippen molar-refractivity contribution in [1.29, 1.82) is 0 Å². The second-order valence-electron chi connectivity index (χ2n) is 9.86. The molecule has 0 radical (unpaired) electrons. The lowest BCUT2D eigenvalue weighted by atomic mass is 10.1. The number of rotatable bonds is 7. The number of alkyl carbamates (subject to hydrolysis) is 1. The highest BCUT2D eigenvalue weighted by Crippen LogP contribution is 2.27. The molecule has 39 heavy (non-hydrogen) atoms. The predicted octanol–water partition coefficient (Wildman–Crippen LogP) is 5.64. The lowest BCUT2D eigenvalue weighted by Crippen LogP contribution is -2.32. The summed E-state index contributed by atoms with van der Waals surface area (Å²) in [6.45, 7) is 6.09. The molecule has 0 aliphatic carbocycles. The van der Waals surface area contributed by atoms with Crippen LogP contribution in [0.15, 0.2) is 60.8 Å². The van der Waals surface area contributed by atoms with Gasteiger partial charge in [0.1, 0.15) is 11.4 Å². The summed E-state index contributed by atoms with van der Waals surface area (Å²) in [6.07, 6.45) is 1.25. The predicted molar refractivity (Wildman–Crippen MR) is 150 cm³/mol. The van der Waals surface area contributed by atoms with E-state index in [9.17, 15) is 4.79 Å². The Bertz CT molecular complexity index is 1660. The topological polar surface area (TPSA) is 116 Å². The number of ether oxygens (including phenoxy) is 2. The van der Waals surface area contributed by atoms with E-state index in [0.717, 1.165) is 33.5 Å². The Morgan fingerprint density at radius 3 is 2.64 bits per heavy atom. The molecule has 5 aromatic rings. The molecule has 10 nitrogen and oxygen atoms in total. The summed E-state index contributed by atoms with van der Waals surface area (Å²) in [4.78, 5) is 16.4. The number of hydrogen-bond donors (Lipinski definition) is 2. The summed E-state index contributed by atoms with van der Waals surface area (Å²) in [6, 6.07) is 17.0. The maximum Gasteiger partial charge on any atom is 0.407 e. The van der Waals surface area contributed by atoms with Gasteiger partial charge in [0.2, 0.25) is 0 Å². The van der Waals surface area contributed by atoms with Crippen molar-refractivity contribution in [3.8, 4) is 17.0 Å². The summed E-state index contributed by atoms with van der Waals surface area (Å²) in [5.74, 6) is 1.40. The molecule has 3 aromatic heterocycles. The molecule has 3 heterocycles. The Hall–Kier alpha value is -4.44. The number of methoxy groups -OCH3 is 1. The maximum absolute atomic E-state index is 12.0. The molecule has 0 bridgehead atoms. The van der Waals surface area contributed by atoms with Gasteiger partial charge >= 0.3 is 6.09 Å². The molecular formula is C28H28ClN7O3. The average molecular weight is 546 g/mol. The SMILES string of the molecule is COc1ccc2c(NCc3nnc4ccc(-c5ccc(CNC(=O)OC(C)(C)C)c(Cl)c5)nn34)ccnc2c1. The highest BCUT2D eigenvalue weighted by molar-refractivity contribution is 6.31. The van der Waals surface area contributed by atoms with Crippen LogP contribution in [0.1, 0.15) is 32.2 Å². The number of aromatic nitrogens is 5.